The summed E-state index contributed by atoms with van der Waals surface area (Å²) in [6.45, 7) is 5.20. The predicted octanol–water partition coefficient (Wildman–Crippen LogP) is 1.37. The summed E-state index contributed by atoms with van der Waals surface area (Å²) in [6, 6.07) is 9.33. The third-order valence-corrected chi connectivity index (χ3v) is 5.62. The fourth-order valence-electron chi connectivity index (χ4n) is 3.99. The van der Waals surface area contributed by atoms with E-state index in [0.29, 0.717) is 42.5 Å². The van der Waals surface area contributed by atoms with Crippen LogP contribution in [-0.2, 0) is 16.1 Å². The van der Waals surface area contributed by atoms with Crippen LogP contribution in [0.3, 0.4) is 0 Å². The van der Waals surface area contributed by atoms with Gasteiger partial charge >= 0.3 is 0 Å². The van der Waals surface area contributed by atoms with Crippen molar-refractivity contribution in [1.82, 2.24) is 35.2 Å². The van der Waals surface area contributed by atoms with Crippen molar-refractivity contribution in [2.45, 2.75) is 32.4 Å². The van der Waals surface area contributed by atoms with Crippen molar-refractivity contribution in [1.29, 1.82) is 0 Å². The number of nitrogens with one attached hydrogen (secondary N) is 2. The van der Waals surface area contributed by atoms with Crippen molar-refractivity contribution in [3.8, 4) is 11.4 Å². The van der Waals surface area contributed by atoms with Gasteiger partial charge in [0, 0.05) is 38.5 Å². The Morgan fingerprint density at radius 1 is 1.25 bits per heavy atom. The number of hydrogen-bond acceptors (Lipinski definition) is 6. The number of methoxy groups -OCH3 is 1. The molecule has 2 aromatic heterocycles. The molecule has 0 unspecified atom stereocenters. The average molecular weight is 438 g/mol. The maximum absolute atomic E-state index is 13.2. The first-order chi connectivity index (χ1) is 15.5. The lowest BCUT2D eigenvalue weighted by Gasteiger charge is -2.17. The Balaban J connectivity index is 1.59. The highest BCUT2D eigenvalue weighted by atomic mass is 16.5. The summed E-state index contributed by atoms with van der Waals surface area (Å²) in [5.41, 5.74) is 2.15. The maximum Gasteiger partial charge on any atom is 0.257 e. The molecule has 4 rings (SSSR count). The first-order valence-corrected chi connectivity index (χ1v) is 10.6. The monoisotopic (exact) mass is 437 g/mol. The van der Waals surface area contributed by atoms with Crippen LogP contribution in [0.15, 0.2) is 36.5 Å². The van der Waals surface area contributed by atoms with Crippen molar-refractivity contribution < 1.29 is 14.3 Å². The molecule has 10 heteroatoms. The van der Waals surface area contributed by atoms with E-state index < -0.39 is 0 Å². The minimum atomic E-state index is -0.320. The van der Waals surface area contributed by atoms with Crippen LogP contribution in [0.5, 0.6) is 0 Å². The number of rotatable bonds is 7. The number of hydrogen-bond donors (Lipinski definition) is 2. The predicted molar refractivity (Wildman–Crippen MR) is 117 cm³/mol. The van der Waals surface area contributed by atoms with Crippen LogP contribution in [0.4, 0.5) is 0 Å². The summed E-state index contributed by atoms with van der Waals surface area (Å²) in [5, 5.41) is 14.7. The van der Waals surface area contributed by atoms with Crippen molar-refractivity contribution in [3.63, 3.8) is 0 Å². The topological polar surface area (TPSA) is 118 Å². The molecule has 0 spiro atoms. The van der Waals surface area contributed by atoms with Gasteiger partial charge < -0.3 is 15.0 Å². The standard InChI is InChI=1S/C22H27N7O3/c1-4-29-11-16(14(2)27-29)22(31)28-10-17(18(12-28)23-19(30)13-32-3)21-24-20(25-26-21)15-8-6-5-7-9-15/h5-9,11,17-18H,4,10,12-13H2,1-3H3,(H,23,30)(H,24,25,26)/t17-,18-/m1/s1. The van der Waals surface area contributed by atoms with Crippen LogP contribution in [0.1, 0.15) is 34.7 Å². The second kappa shape index (κ2) is 9.31. The van der Waals surface area contributed by atoms with E-state index in [2.05, 4.69) is 25.6 Å². The molecule has 1 fully saturated rings. The van der Waals surface area contributed by atoms with Crippen LogP contribution < -0.4 is 5.32 Å². The molecule has 1 aliphatic rings. The summed E-state index contributed by atoms with van der Waals surface area (Å²) in [6.07, 6.45) is 1.77. The van der Waals surface area contributed by atoms with Crippen molar-refractivity contribution in [2.24, 2.45) is 0 Å². The lowest BCUT2D eigenvalue weighted by molar-refractivity contribution is -0.125. The molecule has 3 aromatic rings. The molecule has 32 heavy (non-hydrogen) atoms. The average Bonchev–Trinajstić information content (AvgIpc) is 3.52. The normalized spacial score (nSPS) is 18.2. The Kier molecular flexibility index (Phi) is 6.31. The van der Waals surface area contributed by atoms with E-state index >= 15 is 0 Å². The van der Waals surface area contributed by atoms with Crippen LogP contribution in [0.25, 0.3) is 11.4 Å². The van der Waals surface area contributed by atoms with Crippen LogP contribution in [-0.4, -0.2) is 74.5 Å². The van der Waals surface area contributed by atoms with E-state index in [9.17, 15) is 9.59 Å². The molecule has 0 aliphatic carbocycles. The minimum absolute atomic E-state index is 0.0504. The van der Waals surface area contributed by atoms with E-state index in [4.69, 9.17) is 4.74 Å². The second-order valence-electron chi connectivity index (χ2n) is 7.82. The fourth-order valence-corrected chi connectivity index (χ4v) is 3.99. The number of carbonyl (C=O) groups is 2. The number of benzene rings is 1. The Morgan fingerprint density at radius 3 is 2.72 bits per heavy atom. The summed E-state index contributed by atoms with van der Waals surface area (Å²) < 4.78 is 6.70. The quantitative estimate of drug-likeness (QED) is 0.576. The fraction of sp³-hybridized carbons (Fsp3) is 0.409. The van der Waals surface area contributed by atoms with Crippen molar-refractivity contribution in [2.75, 3.05) is 26.8 Å². The van der Waals surface area contributed by atoms with Gasteiger partial charge in [-0.3, -0.25) is 19.4 Å². The smallest absolute Gasteiger partial charge is 0.257 e. The van der Waals surface area contributed by atoms with Crippen LogP contribution in [0.2, 0.25) is 0 Å². The molecule has 0 bridgehead atoms. The summed E-state index contributed by atoms with van der Waals surface area (Å²) in [4.78, 5) is 31.9. The van der Waals surface area contributed by atoms with Crippen LogP contribution >= 0.6 is 0 Å². The van der Waals surface area contributed by atoms with Gasteiger partial charge in [0.15, 0.2) is 5.82 Å². The summed E-state index contributed by atoms with van der Waals surface area (Å²) in [5.74, 6) is 0.620. The number of aryl methyl sites for hydroxylation is 2. The zero-order valence-electron chi connectivity index (χ0n) is 18.4. The number of H-pyrrole nitrogens is 1. The molecule has 2 N–H and O–H groups in total. The van der Waals surface area contributed by atoms with Gasteiger partial charge in [-0.2, -0.15) is 10.2 Å². The highest BCUT2D eigenvalue weighted by Crippen LogP contribution is 2.28. The first kappa shape index (κ1) is 21.7. The first-order valence-electron chi connectivity index (χ1n) is 10.6. The van der Waals surface area contributed by atoms with Gasteiger partial charge in [-0.25, -0.2) is 4.98 Å². The minimum Gasteiger partial charge on any atom is -0.375 e. The summed E-state index contributed by atoms with van der Waals surface area (Å²) >= 11 is 0. The van der Waals surface area contributed by atoms with Gasteiger partial charge in [-0.1, -0.05) is 30.3 Å². The Bertz CT molecular complexity index is 1090. The molecule has 10 nitrogen and oxygen atoms in total. The molecule has 2 atom stereocenters. The number of aromatic amines is 1. The molecule has 1 saturated heterocycles. The summed E-state index contributed by atoms with van der Waals surface area (Å²) in [7, 11) is 1.47. The van der Waals surface area contributed by atoms with Gasteiger partial charge in [0.25, 0.3) is 5.91 Å². The Hall–Kier alpha value is -3.53. The highest BCUT2D eigenvalue weighted by Gasteiger charge is 2.40. The third kappa shape index (κ3) is 4.40. The number of ether oxygens (including phenoxy) is 1. The number of nitrogens with zero attached hydrogens (tertiary/aromatic N) is 5. The number of amides is 2. The molecule has 168 valence electrons. The molecule has 3 heterocycles. The third-order valence-electron chi connectivity index (χ3n) is 5.62. The highest BCUT2D eigenvalue weighted by molar-refractivity contribution is 5.95. The largest absolute Gasteiger partial charge is 0.375 e. The second-order valence-corrected chi connectivity index (χ2v) is 7.82. The van der Waals surface area contributed by atoms with Gasteiger partial charge in [-0.15, -0.1) is 0 Å². The SMILES string of the molecule is CCn1cc(C(=O)N2C[C@@H](NC(=O)COC)[C@H](c3nc(-c4ccccc4)n[nH]3)C2)c(C)n1. The van der Waals surface area contributed by atoms with Gasteiger partial charge in [-0.05, 0) is 13.8 Å². The van der Waals surface area contributed by atoms with Gasteiger partial charge in [0.2, 0.25) is 5.91 Å². The zero-order chi connectivity index (χ0) is 22.7. The molecule has 1 aromatic carbocycles. The molecular formula is C22H27N7O3. The van der Waals surface area contributed by atoms with E-state index in [-0.39, 0.29) is 30.4 Å². The maximum atomic E-state index is 13.2. The molecule has 1 aliphatic heterocycles. The van der Waals surface area contributed by atoms with Crippen LogP contribution in [0, 0.1) is 6.92 Å². The van der Waals surface area contributed by atoms with Gasteiger partial charge in [0.05, 0.1) is 23.2 Å². The lowest BCUT2D eigenvalue weighted by atomic mass is 10.0. The molecule has 2 amide bonds. The van der Waals surface area contributed by atoms with Gasteiger partial charge in [0.1, 0.15) is 12.4 Å². The van der Waals surface area contributed by atoms with E-state index in [0.717, 1.165) is 5.56 Å². The number of carbonyl (C=O) groups excluding carboxylic acids is 2. The lowest BCUT2D eigenvalue weighted by Crippen LogP contribution is -2.42. The number of likely N-dealkylation sites (tertiary alicyclic amines) is 1. The van der Waals surface area contributed by atoms with E-state index in [1.54, 1.807) is 15.8 Å². The Labute approximate surface area is 186 Å². The molecular weight excluding hydrogens is 410 g/mol. The molecule has 0 radical (unpaired) electrons. The zero-order valence-corrected chi connectivity index (χ0v) is 18.4. The van der Waals surface area contributed by atoms with Crippen molar-refractivity contribution >= 4 is 11.8 Å². The number of aromatic nitrogens is 5. The van der Waals surface area contributed by atoms with Crippen molar-refractivity contribution in [3.05, 3.63) is 53.6 Å². The van der Waals surface area contributed by atoms with E-state index in [1.165, 1.54) is 7.11 Å². The van der Waals surface area contributed by atoms with E-state index in [1.807, 2.05) is 44.2 Å². The molecule has 0 saturated carbocycles. The Morgan fingerprint density at radius 2 is 2.03 bits per heavy atom.